The van der Waals surface area contributed by atoms with Gasteiger partial charge in [-0.1, -0.05) is 18.2 Å². The number of nitrogens with zero attached hydrogens (tertiary/aromatic N) is 1. The first-order valence-corrected chi connectivity index (χ1v) is 7.73. The van der Waals surface area contributed by atoms with E-state index >= 15 is 0 Å². The number of carbonyl (C=O) groups excluding carboxylic acids is 1. The first kappa shape index (κ1) is 13.3. The third-order valence-electron chi connectivity index (χ3n) is 2.93. The number of hydrogen-bond donors (Lipinski definition) is 1. The van der Waals surface area contributed by atoms with Crippen molar-refractivity contribution in [3.63, 3.8) is 0 Å². The molecule has 100 valence electrons. The molecule has 0 fully saturated rings. The Morgan fingerprint density at radius 3 is 2.85 bits per heavy atom. The van der Waals surface area contributed by atoms with Crippen LogP contribution in [-0.2, 0) is 0 Å². The third-order valence-corrected chi connectivity index (χ3v) is 4.77. The number of para-hydroxylation sites is 1. The number of nitrogens with one attached hydrogen (secondary N) is 1. The largest absolute Gasteiger partial charge is 0.319 e. The van der Waals surface area contributed by atoms with E-state index in [0.29, 0.717) is 4.88 Å². The first-order valence-electron chi connectivity index (χ1n) is 6.06. The third kappa shape index (κ3) is 2.46. The molecule has 5 heteroatoms. The number of aryl methyl sites for hydroxylation is 1. The number of amides is 1. The summed E-state index contributed by atoms with van der Waals surface area (Å²) >= 11 is 4.78. The van der Waals surface area contributed by atoms with Crippen molar-refractivity contribution in [1.82, 2.24) is 4.98 Å². The van der Waals surface area contributed by atoms with Gasteiger partial charge in [0.1, 0.15) is 4.88 Å². The van der Waals surface area contributed by atoms with Gasteiger partial charge < -0.3 is 5.32 Å². The van der Waals surface area contributed by atoms with Crippen molar-refractivity contribution in [3.05, 3.63) is 56.8 Å². The lowest BCUT2D eigenvalue weighted by Gasteiger charge is -2.08. The van der Waals surface area contributed by atoms with E-state index < -0.39 is 0 Å². The van der Waals surface area contributed by atoms with Gasteiger partial charge in [0.05, 0.1) is 11.2 Å². The molecule has 2 aromatic heterocycles. The van der Waals surface area contributed by atoms with Crippen LogP contribution in [0.5, 0.6) is 0 Å². The van der Waals surface area contributed by atoms with Crippen molar-refractivity contribution >= 4 is 49.8 Å². The summed E-state index contributed by atoms with van der Waals surface area (Å²) in [6, 6.07) is 11.6. The number of thiophene rings is 1. The van der Waals surface area contributed by atoms with Crippen LogP contribution in [0.25, 0.3) is 10.9 Å². The minimum absolute atomic E-state index is 0.123. The van der Waals surface area contributed by atoms with Gasteiger partial charge in [0, 0.05) is 15.6 Å². The molecule has 1 N–H and O–H groups in total. The van der Waals surface area contributed by atoms with Crippen molar-refractivity contribution in [2.24, 2.45) is 0 Å². The predicted molar refractivity (Wildman–Crippen MR) is 86.5 cm³/mol. The minimum atomic E-state index is -0.123. The van der Waals surface area contributed by atoms with Gasteiger partial charge in [0.15, 0.2) is 0 Å². The molecule has 0 aliphatic carbocycles. The van der Waals surface area contributed by atoms with Crippen LogP contribution in [0.1, 0.15) is 15.4 Å². The summed E-state index contributed by atoms with van der Waals surface area (Å²) in [7, 11) is 0. The summed E-state index contributed by atoms with van der Waals surface area (Å²) in [6.45, 7) is 1.94. The number of halogens is 1. The van der Waals surface area contributed by atoms with Crippen molar-refractivity contribution in [1.29, 1.82) is 0 Å². The van der Waals surface area contributed by atoms with Crippen molar-refractivity contribution < 1.29 is 4.79 Å². The molecule has 0 aliphatic heterocycles. The normalized spacial score (nSPS) is 10.7. The number of rotatable bonds is 2. The van der Waals surface area contributed by atoms with Crippen LogP contribution in [0.3, 0.4) is 0 Å². The molecule has 20 heavy (non-hydrogen) atoms. The molecule has 0 unspecified atom stereocenters. The van der Waals surface area contributed by atoms with Crippen molar-refractivity contribution in [2.75, 3.05) is 5.32 Å². The fourth-order valence-electron chi connectivity index (χ4n) is 1.98. The number of hydrogen-bond acceptors (Lipinski definition) is 3. The molecule has 0 spiro atoms. The van der Waals surface area contributed by atoms with E-state index in [0.717, 1.165) is 26.8 Å². The van der Waals surface area contributed by atoms with Crippen LogP contribution in [0.15, 0.2) is 46.3 Å². The van der Waals surface area contributed by atoms with Crippen LogP contribution >= 0.6 is 27.3 Å². The zero-order valence-corrected chi connectivity index (χ0v) is 13.1. The lowest BCUT2D eigenvalue weighted by Crippen LogP contribution is -2.11. The number of benzene rings is 1. The van der Waals surface area contributed by atoms with Gasteiger partial charge in [-0.3, -0.25) is 9.78 Å². The summed E-state index contributed by atoms with van der Waals surface area (Å²) in [5, 5.41) is 5.83. The van der Waals surface area contributed by atoms with E-state index in [1.165, 1.54) is 11.3 Å². The highest BCUT2D eigenvalue weighted by Gasteiger charge is 2.13. The van der Waals surface area contributed by atoms with Crippen LogP contribution in [0.2, 0.25) is 0 Å². The van der Waals surface area contributed by atoms with Crippen LogP contribution < -0.4 is 5.32 Å². The standard InChI is InChI=1S/C15H11BrN2OS/c1-9-5-6-10-3-2-4-12(13(10)17-9)18-15(19)14-11(16)7-8-20-14/h2-8H,1H3,(H,18,19). The molecule has 0 radical (unpaired) electrons. The second-order valence-corrected chi connectivity index (χ2v) is 6.15. The molecule has 0 saturated carbocycles. The Morgan fingerprint density at radius 1 is 1.25 bits per heavy atom. The Kier molecular flexibility index (Phi) is 3.54. The highest BCUT2D eigenvalue weighted by atomic mass is 79.9. The van der Waals surface area contributed by atoms with Gasteiger partial charge in [-0.05, 0) is 46.4 Å². The van der Waals surface area contributed by atoms with Crippen molar-refractivity contribution in [3.8, 4) is 0 Å². The quantitative estimate of drug-likeness (QED) is 0.735. The van der Waals surface area contributed by atoms with E-state index in [2.05, 4.69) is 26.2 Å². The molecule has 3 rings (SSSR count). The molecule has 2 heterocycles. The topological polar surface area (TPSA) is 42.0 Å². The van der Waals surface area contributed by atoms with Crippen LogP contribution in [0, 0.1) is 6.92 Å². The monoisotopic (exact) mass is 346 g/mol. The molecule has 1 aromatic carbocycles. The molecular formula is C15H11BrN2OS. The molecule has 0 bridgehead atoms. The summed E-state index contributed by atoms with van der Waals surface area (Å²) in [6.07, 6.45) is 0. The molecule has 0 saturated heterocycles. The minimum Gasteiger partial charge on any atom is -0.319 e. The average molecular weight is 347 g/mol. The Hall–Kier alpha value is -1.72. The van der Waals surface area contributed by atoms with Crippen LogP contribution in [-0.4, -0.2) is 10.9 Å². The maximum Gasteiger partial charge on any atom is 0.266 e. The average Bonchev–Trinajstić information content (AvgIpc) is 2.86. The first-order chi connectivity index (χ1) is 9.65. The molecule has 0 aliphatic rings. The summed E-state index contributed by atoms with van der Waals surface area (Å²) in [4.78, 5) is 17.4. The van der Waals surface area contributed by atoms with Crippen molar-refractivity contribution in [2.45, 2.75) is 6.92 Å². The number of anilines is 1. The maximum absolute atomic E-state index is 12.3. The highest BCUT2D eigenvalue weighted by Crippen LogP contribution is 2.26. The SMILES string of the molecule is Cc1ccc2cccc(NC(=O)c3sccc3Br)c2n1. The number of pyridine rings is 1. The Labute approximate surface area is 128 Å². The summed E-state index contributed by atoms with van der Waals surface area (Å²) in [5.41, 5.74) is 2.47. The van der Waals surface area contributed by atoms with Crippen LogP contribution in [0.4, 0.5) is 5.69 Å². The highest BCUT2D eigenvalue weighted by molar-refractivity contribution is 9.10. The lowest BCUT2D eigenvalue weighted by atomic mass is 10.1. The summed E-state index contributed by atoms with van der Waals surface area (Å²) < 4.78 is 0.810. The van der Waals surface area contributed by atoms with Gasteiger partial charge in [-0.2, -0.15) is 0 Å². The zero-order valence-electron chi connectivity index (χ0n) is 10.7. The zero-order chi connectivity index (χ0) is 14.1. The van der Waals surface area contributed by atoms with E-state index in [4.69, 9.17) is 0 Å². The van der Waals surface area contributed by atoms with E-state index in [-0.39, 0.29) is 5.91 Å². The second kappa shape index (κ2) is 5.34. The lowest BCUT2D eigenvalue weighted by molar-refractivity contribution is 0.103. The second-order valence-electron chi connectivity index (χ2n) is 4.38. The molecule has 3 aromatic rings. The molecule has 0 atom stereocenters. The predicted octanol–water partition coefficient (Wildman–Crippen LogP) is 4.62. The van der Waals surface area contributed by atoms with E-state index in [1.54, 1.807) is 0 Å². The van der Waals surface area contributed by atoms with Gasteiger partial charge in [0.25, 0.3) is 5.91 Å². The molecular weight excluding hydrogens is 336 g/mol. The molecule has 1 amide bonds. The van der Waals surface area contributed by atoms with E-state index in [9.17, 15) is 4.79 Å². The van der Waals surface area contributed by atoms with E-state index in [1.807, 2.05) is 48.7 Å². The number of fused-ring (bicyclic) bond motifs is 1. The smallest absolute Gasteiger partial charge is 0.266 e. The van der Waals surface area contributed by atoms with Gasteiger partial charge >= 0.3 is 0 Å². The fraction of sp³-hybridized carbons (Fsp3) is 0.0667. The van der Waals surface area contributed by atoms with Gasteiger partial charge in [-0.25, -0.2) is 0 Å². The number of carbonyl (C=O) groups is 1. The Morgan fingerprint density at radius 2 is 2.10 bits per heavy atom. The summed E-state index contributed by atoms with van der Waals surface area (Å²) in [5.74, 6) is -0.123. The molecule has 3 nitrogen and oxygen atoms in total. The fourth-order valence-corrected chi connectivity index (χ4v) is 3.43. The van der Waals surface area contributed by atoms with Gasteiger partial charge in [0.2, 0.25) is 0 Å². The van der Waals surface area contributed by atoms with Gasteiger partial charge in [-0.15, -0.1) is 11.3 Å². The Balaban J connectivity index is 2.01. The maximum atomic E-state index is 12.3. The number of aromatic nitrogens is 1. The Bertz CT molecular complexity index is 797.